The molecule has 3 aromatic rings. The zero-order valence-corrected chi connectivity index (χ0v) is 19.3. The van der Waals surface area contributed by atoms with Gasteiger partial charge >= 0.3 is 0 Å². The highest BCUT2D eigenvalue weighted by atomic mass is 32.2. The monoisotopic (exact) mass is 473 g/mol. The average Bonchev–Trinajstić information content (AvgIpc) is 3.29. The molecule has 0 saturated heterocycles. The second-order valence-corrected chi connectivity index (χ2v) is 9.91. The lowest BCUT2D eigenvalue weighted by Gasteiger charge is -2.22. The molecule has 0 unspecified atom stereocenters. The topological polar surface area (TPSA) is 90.0 Å². The summed E-state index contributed by atoms with van der Waals surface area (Å²) in [4.78, 5) is 23.9. The SMILES string of the molecule is COc1ccc(CN(Cc2ccc(OC)cc2)S(=O)(=O)CC(=O)c2csc(C=O)c2)cc1. The van der Waals surface area contributed by atoms with Crippen LogP contribution in [0.15, 0.2) is 60.0 Å². The van der Waals surface area contributed by atoms with E-state index in [2.05, 4.69) is 0 Å². The summed E-state index contributed by atoms with van der Waals surface area (Å²) in [7, 11) is -0.843. The lowest BCUT2D eigenvalue weighted by atomic mass is 10.2. The van der Waals surface area contributed by atoms with Gasteiger partial charge in [0.25, 0.3) is 0 Å². The van der Waals surface area contributed by atoms with E-state index in [1.54, 1.807) is 62.8 Å². The van der Waals surface area contributed by atoms with E-state index in [-0.39, 0.29) is 18.7 Å². The molecule has 0 amide bonds. The van der Waals surface area contributed by atoms with Gasteiger partial charge in [0.1, 0.15) is 17.3 Å². The van der Waals surface area contributed by atoms with Crippen molar-refractivity contribution in [3.05, 3.63) is 81.5 Å². The Morgan fingerprint density at radius 1 is 0.938 bits per heavy atom. The number of sulfonamides is 1. The second-order valence-electron chi connectivity index (χ2n) is 7.00. The Morgan fingerprint density at radius 3 is 1.84 bits per heavy atom. The molecule has 0 bridgehead atoms. The highest BCUT2D eigenvalue weighted by Gasteiger charge is 2.27. The summed E-state index contributed by atoms with van der Waals surface area (Å²) in [6, 6.07) is 15.6. The van der Waals surface area contributed by atoms with Crippen LogP contribution < -0.4 is 9.47 Å². The highest BCUT2D eigenvalue weighted by Crippen LogP contribution is 2.21. The van der Waals surface area contributed by atoms with Crippen LogP contribution in [0.25, 0.3) is 0 Å². The van der Waals surface area contributed by atoms with Crippen molar-refractivity contribution in [2.45, 2.75) is 13.1 Å². The molecule has 0 aliphatic heterocycles. The Bertz CT molecular complexity index is 1120. The van der Waals surface area contributed by atoms with Gasteiger partial charge < -0.3 is 9.47 Å². The number of aldehydes is 1. The first kappa shape index (κ1) is 23.6. The molecule has 0 radical (unpaired) electrons. The van der Waals surface area contributed by atoms with Crippen LogP contribution in [0.1, 0.15) is 31.2 Å². The number of ketones is 1. The molecule has 0 aliphatic carbocycles. The van der Waals surface area contributed by atoms with Crippen LogP contribution in [0.2, 0.25) is 0 Å². The van der Waals surface area contributed by atoms with Crippen molar-refractivity contribution in [1.29, 1.82) is 0 Å². The first-order valence-corrected chi connectivity index (χ1v) is 12.1. The number of rotatable bonds is 11. The van der Waals surface area contributed by atoms with E-state index in [0.717, 1.165) is 22.5 Å². The van der Waals surface area contributed by atoms with Gasteiger partial charge in [0.05, 0.1) is 19.1 Å². The number of thiophene rings is 1. The van der Waals surface area contributed by atoms with Crippen LogP contribution in [-0.2, 0) is 23.1 Å². The number of carbonyl (C=O) groups excluding carboxylic acids is 2. The van der Waals surface area contributed by atoms with E-state index in [1.165, 1.54) is 15.8 Å². The zero-order valence-electron chi connectivity index (χ0n) is 17.7. The van der Waals surface area contributed by atoms with Gasteiger partial charge in [-0.25, -0.2) is 8.42 Å². The summed E-state index contributed by atoms with van der Waals surface area (Å²) in [5.74, 6) is 0.0894. The third-order valence-electron chi connectivity index (χ3n) is 4.80. The molecule has 3 rings (SSSR count). The minimum atomic E-state index is -3.96. The van der Waals surface area contributed by atoms with Crippen LogP contribution in [0, 0.1) is 0 Å². The fourth-order valence-corrected chi connectivity index (χ4v) is 5.11. The quantitative estimate of drug-likeness (QED) is 0.311. The summed E-state index contributed by atoms with van der Waals surface area (Å²) in [5.41, 5.74) is 1.73. The molecule has 7 nitrogen and oxygen atoms in total. The molecule has 0 atom stereocenters. The summed E-state index contributed by atoms with van der Waals surface area (Å²) in [6.07, 6.45) is 0.635. The summed E-state index contributed by atoms with van der Waals surface area (Å²) >= 11 is 1.10. The van der Waals surface area contributed by atoms with E-state index in [1.807, 2.05) is 0 Å². The molecule has 1 aromatic heterocycles. The van der Waals surface area contributed by atoms with Crippen molar-refractivity contribution >= 4 is 33.4 Å². The van der Waals surface area contributed by atoms with E-state index in [9.17, 15) is 18.0 Å². The maximum atomic E-state index is 13.2. The number of methoxy groups -OCH3 is 2. The van der Waals surface area contributed by atoms with Crippen molar-refractivity contribution in [2.24, 2.45) is 0 Å². The average molecular weight is 474 g/mol. The van der Waals surface area contributed by atoms with E-state index >= 15 is 0 Å². The fourth-order valence-electron chi connectivity index (χ4n) is 3.02. The van der Waals surface area contributed by atoms with Crippen molar-refractivity contribution in [3.63, 3.8) is 0 Å². The van der Waals surface area contributed by atoms with Gasteiger partial charge in [-0.1, -0.05) is 24.3 Å². The predicted molar refractivity (Wildman–Crippen MR) is 123 cm³/mol. The number of Topliss-reactive ketones (excluding diaryl/α,β-unsaturated/α-hetero) is 1. The third kappa shape index (κ3) is 6.03. The van der Waals surface area contributed by atoms with E-state index in [4.69, 9.17) is 9.47 Å². The van der Waals surface area contributed by atoms with Gasteiger partial charge in [-0.05, 0) is 41.5 Å². The number of ether oxygens (including phenoxy) is 2. The maximum Gasteiger partial charge on any atom is 0.222 e. The Morgan fingerprint density at radius 2 is 1.44 bits per heavy atom. The third-order valence-corrected chi connectivity index (χ3v) is 7.33. The normalized spacial score (nSPS) is 11.3. The molecular weight excluding hydrogens is 450 g/mol. The fraction of sp³-hybridized carbons (Fsp3) is 0.217. The molecule has 0 fully saturated rings. The molecule has 168 valence electrons. The van der Waals surface area contributed by atoms with Crippen molar-refractivity contribution in [1.82, 2.24) is 4.31 Å². The number of nitrogens with zero attached hydrogens (tertiary/aromatic N) is 1. The molecule has 1 heterocycles. The van der Waals surface area contributed by atoms with Crippen LogP contribution >= 0.6 is 11.3 Å². The summed E-state index contributed by atoms with van der Waals surface area (Å²) in [5, 5.41) is 1.50. The van der Waals surface area contributed by atoms with Gasteiger partial charge in [0.2, 0.25) is 10.0 Å². The van der Waals surface area contributed by atoms with Gasteiger partial charge in [-0.15, -0.1) is 11.3 Å². The molecule has 0 aliphatic rings. The minimum Gasteiger partial charge on any atom is -0.497 e. The Balaban J connectivity index is 1.85. The summed E-state index contributed by atoms with van der Waals surface area (Å²) in [6.45, 7) is 0.184. The second kappa shape index (κ2) is 10.5. The van der Waals surface area contributed by atoms with Gasteiger partial charge in [0, 0.05) is 24.0 Å². The number of hydrogen-bond donors (Lipinski definition) is 0. The largest absolute Gasteiger partial charge is 0.497 e. The van der Waals surface area contributed by atoms with Crippen LogP contribution in [0.3, 0.4) is 0 Å². The maximum absolute atomic E-state index is 13.2. The standard InChI is InChI=1S/C23H23NO6S2/c1-29-20-7-3-17(4-8-20)12-24(13-18-5-9-21(30-2)10-6-18)32(27,28)16-23(26)19-11-22(14-25)31-15-19/h3-11,14-15H,12-13,16H2,1-2H3. The Kier molecular flexibility index (Phi) is 7.79. The first-order valence-electron chi connectivity index (χ1n) is 9.65. The van der Waals surface area contributed by atoms with Crippen LogP contribution in [0.4, 0.5) is 0 Å². The number of hydrogen-bond acceptors (Lipinski definition) is 7. The van der Waals surface area contributed by atoms with Crippen LogP contribution in [0.5, 0.6) is 11.5 Å². The molecule has 32 heavy (non-hydrogen) atoms. The number of benzene rings is 2. The van der Waals surface area contributed by atoms with Crippen molar-refractivity contribution < 1.29 is 27.5 Å². The van der Waals surface area contributed by atoms with Crippen LogP contribution in [-0.4, -0.2) is 44.8 Å². The molecule has 2 aromatic carbocycles. The Hall–Kier alpha value is -3.01. The molecule has 9 heteroatoms. The highest BCUT2D eigenvalue weighted by molar-refractivity contribution is 7.89. The lowest BCUT2D eigenvalue weighted by molar-refractivity contribution is 0.101. The predicted octanol–water partition coefficient (Wildman–Crippen LogP) is 3.79. The smallest absolute Gasteiger partial charge is 0.222 e. The first-order chi connectivity index (χ1) is 15.3. The molecule has 0 spiro atoms. The Labute approximate surface area is 191 Å². The molecule has 0 N–H and O–H groups in total. The van der Waals surface area contributed by atoms with E-state index in [0.29, 0.717) is 22.7 Å². The number of carbonyl (C=O) groups is 2. The zero-order chi connectivity index (χ0) is 23.1. The lowest BCUT2D eigenvalue weighted by Crippen LogP contribution is -2.34. The van der Waals surface area contributed by atoms with Crippen molar-refractivity contribution in [3.8, 4) is 11.5 Å². The summed E-state index contributed by atoms with van der Waals surface area (Å²) < 4.78 is 38.1. The van der Waals surface area contributed by atoms with E-state index < -0.39 is 21.6 Å². The van der Waals surface area contributed by atoms with Gasteiger partial charge in [-0.3, -0.25) is 9.59 Å². The molecule has 0 saturated carbocycles. The van der Waals surface area contributed by atoms with Crippen molar-refractivity contribution in [2.75, 3.05) is 20.0 Å². The van der Waals surface area contributed by atoms with Gasteiger partial charge in [-0.2, -0.15) is 4.31 Å². The van der Waals surface area contributed by atoms with Gasteiger partial charge in [0.15, 0.2) is 12.1 Å². The minimum absolute atomic E-state index is 0.0921. The molecular formula is C23H23NO6S2.